The number of rotatable bonds is 5. The van der Waals surface area contributed by atoms with E-state index in [0.29, 0.717) is 0 Å². The largest absolute Gasteiger partial charge is 0.496 e. The number of aromatic nitrogens is 1. The fourth-order valence-electron chi connectivity index (χ4n) is 1.72. The number of ether oxygens (including phenoxy) is 1. The van der Waals surface area contributed by atoms with Gasteiger partial charge >= 0.3 is 0 Å². The lowest BCUT2D eigenvalue weighted by Crippen LogP contribution is -2.15. The highest BCUT2D eigenvalue weighted by atomic mass is 16.5. The molecule has 0 radical (unpaired) electrons. The van der Waals surface area contributed by atoms with Crippen molar-refractivity contribution in [3.8, 4) is 5.75 Å². The Hall–Kier alpha value is -1.35. The first-order chi connectivity index (χ1) is 8.06. The molecule has 1 heterocycles. The summed E-state index contributed by atoms with van der Waals surface area (Å²) in [6, 6.07) is 0. The van der Waals surface area contributed by atoms with Crippen LogP contribution in [-0.4, -0.2) is 18.6 Å². The molecule has 0 atom stereocenters. The van der Waals surface area contributed by atoms with Crippen LogP contribution in [0, 0.1) is 13.8 Å². The van der Waals surface area contributed by atoms with Gasteiger partial charge in [0.25, 0.3) is 0 Å². The topological polar surface area (TPSA) is 34.1 Å². The third-order valence-corrected chi connectivity index (χ3v) is 2.70. The molecule has 17 heavy (non-hydrogen) atoms. The van der Waals surface area contributed by atoms with Gasteiger partial charge in [-0.2, -0.15) is 0 Å². The molecule has 0 aromatic carbocycles. The first-order valence-electron chi connectivity index (χ1n) is 5.89. The van der Waals surface area contributed by atoms with Crippen molar-refractivity contribution < 1.29 is 4.74 Å². The Labute approximate surface area is 104 Å². The van der Waals surface area contributed by atoms with Gasteiger partial charge in [-0.3, -0.25) is 4.98 Å². The van der Waals surface area contributed by atoms with E-state index in [0.717, 1.165) is 35.7 Å². The van der Waals surface area contributed by atoms with Crippen molar-refractivity contribution in [2.45, 2.75) is 34.2 Å². The molecule has 0 saturated carbocycles. The first-order valence-corrected chi connectivity index (χ1v) is 5.89. The molecular formula is C14H22N2O. The summed E-state index contributed by atoms with van der Waals surface area (Å²) in [6.45, 7) is 9.90. The van der Waals surface area contributed by atoms with E-state index in [1.54, 1.807) is 7.11 Å². The van der Waals surface area contributed by atoms with Crippen molar-refractivity contribution in [3.05, 3.63) is 34.7 Å². The van der Waals surface area contributed by atoms with Crippen molar-refractivity contribution in [1.82, 2.24) is 10.3 Å². The Kier molecular flexibility index (Phi) is 5.16. The van der Waals surface area contributed by atoms with Gasteiger partial charge in [0.05, 0.1) is 12.8 Å². The number of pyridine rings is 1. The zero-order chi connectivity index (χ0) is 12.8. The van der Waals surface area contributed by atoms with E-state index in [9.17, 15) is 0 Å². The average molecular weight is 234 g/mol. The molecule has 0 fully saturated rings. The molecule has 94 valence electrons. The standard InChI is InChI=1S/C14H22N2O/c1-10(2)6-7-15-9-13-12(4)14(17-5)11(3)8-16-13/h6,8,15H,7,9H2,1-5H3. The van der Waals surface area contributed by atoms with Crippen LogP contribution in [0.2, 0.25) is 0 Å². The van der Waals surface area contributed by atoms with Crippen LogP contribution in [0.1, 0.15) is 30.7 Å². The van der Waals surface area contributed by atoms with Crippen molar-refractivity contribution in [2.24, 2.45) is 0 Å². The summed E-state index contributed by atoms with van der Waals surface area (Å²) in [7, 11) is 1.70. The Morgan fingerprint density at radius 1 is 1.41 bits per heavy atom. The van der Waals surface area contributed by atoms with Gasteiger partial charge in [-0.25, -0.2) is 0 Å². The molecule has 1 N–H and O–H groups in total. The highest BCUT2D eigenvalue weighted by molar-refractivity contribution is 5.40. The molecule has 0 saturated heterocycles. The summed E-state index contributed by atoms with van der Waals surface area (Å²) in [4.78, 5) is 4.44. The maximum absolute atomic E-state index is 5.38. The van der Waals surface area contributed by atoms with E-state index in [-0.39, 0.29) is 0 Å². The fourth-order valence-corrected chi connectivity index (χ4v) is 1.72. The van der Waals surface area contributed by atoms with Gasteiger partial charge in [0, 0.05) is 30.4 Å². The van der Waals surface area contributed by atoms with Crippen LogP contribution >= 0.6 is 0 Å². The summed E-state index contributed by atoms with van der Waals surface area (Å²) < 4.78 is 5.38. The molecule has 0 aliphatic carbocycles. The molecule has 3 heteroatoms. The number of aryl methyl sites for hydroxylation is 1. The summed E-state index contributed by atoms with van der Waals surface area (Å²) in [5, 5.41) is 3.35. The quantitative estimate of drug-likeness (QED) is 0.628. The minimum atomic E-state index is 0.770. The SMILES string of the molecule is COc1c(C)cnc(CNCC=C(C)C)c1C. The summed E-state index contributed by atoms with van der Waals surface area (Å²) >= 11 is 0. The summed E-state index contributed by atoms with van der Waals surface area (Å²) in [5.41, 5.74) is 4.58. The lowest BCUT2D eigenvalue weighted by atomic mass is 10.1. The lowest BCUT2D eigenvalue weighted by molar-refractivity contribution is 0.406. The minimum absolute atomic E-state index is 0.770. The zero-order valence-electron chi connectivity index (χ0n) is 11.4. The normalized spacial score (nSPS) is 10.2. The summed E-state index contributed by atoms with van der Waals surface area (Å²) in [5.74, 6) is 0.944. The molecule has 1 aromatic rings. The molecule has 0 spiro atoms. The van der Waals surface area contributed by atoms with Gasteiger partial charge in [0.15, 0.2) is 0 Å². The van der Waals surface area contributed by atoms with Crippen LogP contribution < -0.4 is 10.1 Å². The third-order valence-electron chi connectivity index (χ3n) is 2.70. The second-order valence-corrected chi connectivity index (χ2v) is 4.46. The highest BCUT2D eigenvalue weighted by Gasteiger charge is 2.08. The predicted octanol–water partition coefficient (Wildman–Crippen LogP) is 2.76. The van der Waals surface area contributed by atoms with Crippen LogP contribution in [0.4, 0.5) is 0 Å². The van der Waals surface area contributed by atoms with Crippen LogP contribution in [0.3, 0.4) is 0 Å². The van der Waals surface area contributed by atoms with Crippen molar-refractivity contribution >= 4 is 0 Å². The van der Waals surface area contributed by atoms with Crippen LogP contribution in [0.5, 0.6) is 5.75 Å². The number of methoxy groups -OCH3 is 1. The Morgan fingerprint density at radius 2 is 2.12 bits per heavy atom. The second-order valence-electron chi connectivity index (χ2n) is 4.46. The van der Waals surface area contributed by atoms with Crippen molar-refractivity contribution in [2.75, 3.05) is 13.7 Å². The van der Waals surface area contributed by atoms with E-state index in [2.05, 4.69) is 37.1 Å². The Balaban J connectivity index is 2.69. The molecule has 1 rings (SSSR count). The average Bonchev–Trinajstić information content (AvgIpc) is 2.27. The summed E-state index contributed by atoms with van der Waals surface area (Å²) in [6.07, 6.45) is 4.03. The van der Waals surface area contributed by atoms with Crippen LogP contribution in [0.25, 0.3) is 0 Å². The molecule has 0 aliphatic heterocycles. The van der Waals surface area contributed by atoms with Gasteiger partial charge < -0.3 is 10.1 Å². The van der Waals surface area contributed by atoms with Gasteiger partial charge in [0.2, 0.25) is 0 Å². The molecule has 0 aliphatic rings. The fraction of sp³-hybridized carbons (Fsp3) is 0.500. The molecule has 1 aromatic heterocycles. The molecule has 0 bridgehead atoms. The van der Waals surface area contributed by atoms with E-state index < -0.39 is 0 Å². The van der Waals surface area contributed by atoms with Crippen molar-refractivity contribution in [3.63, 3.8) is 0 Å². The van der Waals surface area contributed by atoms with E-state index >= 15 is 0 Å². The second kappa shape index (κ2) is 6.40. The predicted molar refractivity (Wildman–Crippen MR) is 71.4 cm³/mol. The Morgan fingerprint density at radius 3 is 2.71 bits per heavy atom. The lowest BCUT2D eigenvalue weighted by Gasteiger charge is -2.12. The number of nitrogens with zero attached hydrogens (tertiary/aromatic N) is 1. The van der Waals surface area contributed by atoms with Crippen LogP contribution in [0.15, 0.2) is 17.8 Å². The minimum Gasteiger partial charge on any atom is -0.496 e. The van der Waals surface area contributed by atoms with Crippen molar-refractivity contribution in [1.29, 1.82) is 0 Å². The molecule has 0 unspecified atom stereocenters. The number of nitrogens with one attached hydrogen (secondary N) is 1. The van der Waals surface area contributed by atoms with Gasteiger partial charge in [-0.05, 0) is 27.7 Å². The zero-order valence-corrected chi connectivity index (χ0v) is 11.4. The van der Waals surface area contributed by atoms with Crippen LogP contribution in [-0.2, 0) is 6.54 Å². The molecule has 3 nitrogen and oxygen atoms in total. The maximum Gasteiger partial charge on any atom is 0.128 e. The Bertz CT molecular complexity index is 407. The van der Waals surface area contributed by atoms with Gasteiger partial charge in [-0.15, -0.1) is 0 Å². The number of hydrogen-bond acceptors (Lipinski definition) is 3. The molecule has 0 amide bonds. The monoisotopic (exact) mass is 234 g/mol. The smallest absolute Gasteiger partial charge is 0.128 e. The van der Waals surface area contributed by atoms with Gasteiger partial charge in [0.1, 0.15) is 5.75 Å². The third kappa shape index (κ3) is 3.86. The first kappa shape index (κ1) is 13.7. The van der Waals surface area contributed by atoms with Gasteiger partial charge in [-0.1, -0.05) is 11.6 Å². The van der Waals surface area contributed by atoms with E-state index in [1.165, 1.54) is 5.57 Å². The van der Waals surface area contributed by atoms with E-state index in [1.807, 2.05) is 13.1 Å². The van der Waals surface area contributed by atoms with E-state index in [4.69, 9.17) is 4.74 Å². The number of hydrogen-bond donors (Lipinski definition) is 1. The number of allylic oxidation sites excluding steroid dienone is 1. The maximum atomic E-state index is 5.38. The highest BCUT2D eigenvalue weighted by Crippen LogP contribution is 2.23. The molecular weight excluding hydrogens is 212 g/mol.